The molecule has 0 bridgehead atoms. The zero-order valence-electron chi connectivity index (χ0n) is 6.96. The van der Waals surface area contributed by atoms with Gasteiger partial charge in [-0.3, -0.25) is 0 Å². The van der Waals surface area contributed by atoms with Crippen molar-refractivity contribution in [2.45, 2.75) is 13.8 Å². The van der Waals surface area contributed by atoms with Gasteiger partial charge in [-0.25, -0.2) is 0 Å². The third-order valence-corrected chi connectivity index (χ3v) is 1.55. The Morgan fingerprint density at radius 3 is 2.64 bits per heavy atom. The standard InChI is InChI=1S/C10H13N/c1-3-8-11-10-7-5-4-6-9(10)2/h3-8,11H,1-2H3/b8-3-. The highest BCUT2D eigenvalue weighted by atomic mass is 14.8. The average Bonchev–Trinajstić information content (AvgIpc) is 2.03. The number of hydrogen-bond acceptors (Lipinski definition) is 1. The van der Waals surface area contributed by atoms with E-state index in [9.17, 15) is 0 Å². The molecule has 1 aromatic rings. The number of anilines is 1. The molecule has 0 atom stereocenters. The van der Waals surface area contributed by atoms with E-state index in [1.807, 2.05) is 31.3 Å². The number of benzene rings is 1. The van der Waals surface area contributed by atoms with Crippen LogP contribution in [-0.2, 0) is 0 Å². The fourth-order valence-corrected chi connectivity index (χ4v) is 0.908. The number of aryl methyl sites for hydroxylation is 1. The number of hydrogen-bond donors (Lipinski definition) is 1. The molecule has 0 heterocycles. The maximum absolute atomic E-state index is 3.18. The van der Waals surface area contributed by atoms with E-state index in [4.69, 9.17) is 0 Å². The first-order valence-corrected chi connectivity index (χ1v) is 3.78. The Labute approximate surface area is 67.8 Å². The second-order valence-electron chi connectivity index (χ2n) is 2.46. The summed E-state index contributed by atoms with van der Waals surface area (Å²) in [5, 5.41) is 3.18. The van der Waals surface area contributed by atoms with Gasteiger partial charge in [-0.15, -0.1) is 0 Å². The highest BCUT2D eigenvalue weighted by molar-refractivity contribution is 5.51. The molecule has 1 nitrogen and oxygen atoms in total. The van der Waals surface area contributed by atoms with Gasteiger partial charge >= 0.3 is 0 Å². The minimum atomic E-state index is 1.17. The maximum atomic E-state index is 3.18. The topological polar surface area (TPSA) is 12.0 Å². The fourth-order valence-electron chi connectivity index (χ4n) is 0.908. The molecule has 0 saturated heterocycles. The number of rotatable bonds is 2. The molecular weight excluding hydrogens is 134 g/mol. The van der Waals surface area contributed by atoms with Crippen molar-refractivity contribution in [3.8, 4) is 0 Å². The smallest absolute Gasteiger partial charge is 0.0409 e. The van der Waals surface area contributed by atoms with Gasteiger partial charge in [-0.2, -0.15) is 0 Å². The lowest BCUT2D eigenvalue weighted by Gasteiger charge is -2.02. The van der Waals surface area contributed by atoms with Crippen molar-refractivity contribution in [1.82, 2.24) is 0 Å². The predicted molar refractivity (Wildman–Crippen MR) is 49.6 cm³/mol. The van der Waals surface area contributed by atoms with Crippen LogP contribution in [0.25, 0.3) is 0 Å². The summed E-state index contributed by atoms with van der Waals surface area (Å²) < 4.78 is 0. The molecule has 0 aliphatic heterocycles. The Bertz CT molecular complexity index is 251. The van der Waals surface area contributed by atoms with E-state index in [0.717, 1.165) is 0 Å². The van der Waals surface area contributed by atoms with Gasteiger partial charge in [0.15, 0.2) is 0 Å². The monoisotopic (exact) mass is 147 g/mol. The molecular formula is C10H13N. The molecule has 0 radical (unpaired) electrons. The number of allylic oxidation sites excluding steroid dienone is 1. The van der Waals surface area contributed by atoms with Crippen molar-refractivity contribution in [1.29, 1.82) is 0 Å². The summed E-state index contributed by atoms with van der Waals surface area (Å²) in [4.78, 5) is 0. The molecule has 1 heteroatoms. The zero-order chi connectivity index (χ0) is 8.10. The van der Waals surface area contributed by atoms with Gasteiger partial charge in [-0.05, 0) is 31.7 Å². The lowest BCUT2D eigenvalue weighted by molar-refractivity contribution is 1.43. The molecule has 0 amide bonds. The van der Waals surface area contributed by atoms with Gasteiger partial charge in [-0.1, -0.05) is 24.3 Å². The molecule has 0 unspecified atom stereocenters. The fraction of sp³-hybridized carbons (Fsp3) is 0.200. The second-order valence-corrected chi connectivity index (χ2v) is 2.46. The summed E-state index contributed by atoms with van der Waals surface area (Å²) in [6.45, 7) is 4.08. The summed E-state index contributed by atoms with van der Waals surface area (Å²) in [7, 11) is 0. The predicted octanol–water partition coefficient (Wildman–Crippen LogP) is 2.94. The first-order valence-electron chi connectivity index (χ1n) is 3.78. The largest absolute Gasteiger partial charge is 0.362 e. The van der Waals surface area contributed by atoms with Crippen LogP contribution in [0.5, 0.6) is 0 Å². The van der Waals surface area contributed by atoms with E-state index < -0.39 is 0 Å². The summed E-state index contributed by atoms with van der Waals surface area (Å²) in [6.07, 6.45) is 3.91. The van der Waals surface area contributed by atoms with Crippen molar-refractivity contribution in [2.24, 2.45) is 0 Å². The quantitative estimate of drug-likeness (QED) is 0.678. The molecule has 1 N–H and O–H groups in total. The average molecular weight is 147 g/mol. The van der Waals surface area contributed by atoms with Crippen LogP contribution in [-0.4, -0.2) is 0 Å². The highest BCUT2D eigenvalue weighted by Gasteiger charge is 1.90. The molecule has 11 heavy (non-hydrogen) atoms. The van der Waals surface area contributed by atoms with Crippen LogP contribution < -0.4 is 5.32 Å². The third kappa shape index (κ3) is 2.11. The van der Waals surface area contributed by atoms with Gasteiger partial charge in [0.2, 0.25) is 0 Å². The molecule has 58 valence electrons. The Balaban J connectivity index is 2.77. The lowest BCUT2D eigenvalue weighted by Crippen LogP contribution is -1.88. The van der Waals surface area contributed by atoms with Crippen LogP contribution in [0.3, 0.4) is 0 Å². The molecule has 1 rings (SSSR count). The summed E-state index contributed by atoms with van der Waals surface area (Å²) in [6, 6.07) is 8.22. The molecule has 0 saturated carbocycles. The third-order valence-electron chi connectivity index (χ3n) is 1.55. The Hall–Kier alpha value is -1.24. The van der Waals surface area contributed by atoms with Crippen molar-refractivity contribution in [3.63, 3.8) is 0 Å². The van der Waals surface area contributed by atoms with Crippen LogP contribution in [0, 0.1) is 6.92 Å². The normalized spacial score (nSPS) is 10.4. The van der Waals surface area contributed by atoms with E-state index in [-0.39, 0.29) is 0 Å². The first-order chi connectivity index (χ1) is 5.34. The van der Waals surface area contributed by atoms with Crippen LogP contribution in [0.2, 0.25) is 0 Å². The van der Waals surface area contributed by atoms with Crippen LogP contribution in [0.15, 0.2) is 36.5 Å². The first kappa shape index (κ1) is 7.86. The van der Waals surface area contributed by atoms with Gasteiger partial charge in [0, 0.05) is 5.69 Å². The van der Waals surface area contributed by atoms with Crippen molar-refractivity contribution < 1.29 is 0 Å². The second kappa shape index (κ2) is 3.81. The summed E-state index contributed by atoms with van der Waals surface area (Å²) in [5.41, 5.74) is 2.44. The zero-order valence-corrected chi connectivity index (χ0v) is 6.96. The van der Waals surface area contributed by atoms with E-state index in [1.54, 1.807) is 0 Å². The lowest BCUT2D eigenvalue weighted by atomic mass is 10.2. The SMILES string of the molecule is C/C=C\Nc1ccccc1C. The van der Waals surface area contributed by atoms with Crippen LogP contribution in [0.1, 0.15) is 12.5 Å². The highest BCUT2D eigenvalue weighted by Crippen LogP contribution is 2.12. The van der Waals surface area contributed by atoms with Crippen molar-refractivity contribution in [2.75, 3.05) is 5.32 Å². The Morgan fingerprint density at radius 2 is 2.00 bits per heavy atom. The van der Waals surface area contributed by atoms with Crippen molar-refractivity contribution >= 4 is 5.69 Å². The Kier molecular flexibility index (Phi) is 2.73. The van der Waals surface area contributed by atoms with Gasteiger partial charge < -0.3 is 5.32 Å². The molecule has 0 aliphatic carbocycles. The van der Waals surface area contributed by atoms with Gasteiger partial charge in [0.05, 0.1) is 0 Å². The molecule has 0 aliphatic rings. The van der Waals surface area contributed by atoms with E-state index in [2.05, 4.69) is 24.4 Å². The van der Waals surface area contributed by atoms with E-state index in [1.165, 1.54) is 11.3 Å². The molecule has 0 aromatic heterocycles. The molecule has 0 fully saturated rings. The summed E-state index contributed by atoms with van der Waals surface area (Å²) in [5.74, 6) is 0. The molecule has 0 spiro atoms. The van der Waals surface area contributed by atoms with Crippen LogP contribution >= 0.6 is 0 Å². The number of nitrogens with one attached hydrogen (secondary N) is 1. The summed E-state index contributed by atoms with van der Waals surface area (Å²) >= 11 is 0. The van der Waals surface area contributed by atoms with Crippen LogP contribution in [0.4, 0.5) is 5.69 Å². The number of para-hydroxylation sites is 1. The van der Waals surface area contributed by atoms with Crippen molar-refractivity contribution in [3.05, 3.63) is 42.1 Å². The minimum absolute atomic E-state index is 1.17. The molecule has 1 aromatic carbocycles. The van der Waals surface area contributed by atoms with E-state index in [0.29, 0.717) is 0 Å². The minimum Gasteiger partial charge on any atom is -0.362 e. The van der Waals surface area contributed by atoms with Gasteiger partial charge in [0.1, 0.15) is 0 Å². The van der Waals surface area contributed by atoms with Gasteiger partial charge in [0.25, 0.3) is 0 Å². The van der Waals surface area contributed by atoms with E-state index >= 15 is 0 Å². The maximum Gasteiger partial charge on any atom is 0.0409 e. The Morgan fingerprint density at radius 1 is 1.27 bits per heavy atom.